The SMILES string of the molecule is CN(Cc1cc(F)c(-c2cc3cnn(C(=O)OC(C)(C)C)c3cn2)c(C(F)(F)F)c1)C(=O)OC(C)(C)C. The van der Waals surface area contributed by atoms with Crippen molar-refractivity contribution in [3.8, 4) is 11.3 Å². The molecule has 1 amide bonds. The number of aromatic nitrogens is 3. The third kappa shape index (κ3) is 6.75. The standard InChI is InChI=1S/C25H28F4N4O4/c1-23(2,3)36-21(34)32(7)13-14-8-16(25(27,28)29)20(17(26)9-14)18-10-15-11-31-33(19(15)12-30-18)22(35)37-24(4,5)6/h8-12H,13H2,1-7H3. The van der Waals surface area contributed by atoms with E-state index in [4.69, 9.17) is 9.47 Å². The Balaban J connectivity index is 2.01. The van der Waals surface area contributed by atoms with Crippen LogP contribution in [0.3, 0.4) is 0 Å². The van der Waals surface area contributed by atoms with Crippen LogP contribution >= 0.6 is 0 Å². The summed E-state index contributed by atoms with van der Waals surface area (Å²) in [5.74, 6) is -1.17. The van der Waals surface area contributed by atoms with Gasteiger partial charge in [-0.25, -0.2) is 14.0 Å². The molecular formula is C25H28F4N4O4. The van der Waals surface area contributed by atoms with Gasteiger partial charge in [-0.1, -0.05) is 0 Å². The Bertz CT molecular complexity index is 1340. The van der Waals surface area contributed by atoms with Crippen LogP contribution in [0.5, 0.6) is 0 Å². The molecule has 12 heteroatoms. The van der Waals surface area contributed by atoms with Crippen molar-refractivity contribution in [2.24, 2.45) is 0 Å². The molecule has 37 heavy (non-hydrogen) atoms. The zero-order chi connectivity index (χ0) is 27.9. The van der Waals surface area contributed by atoms with Crippen molar-refractivity contribution in [2.45, 2.75) is 65.5 Å². The molecule has 0 aliphatic rings. The van der Waals surface area contributed by atoms with Crippen molar-refractivity contribution >= 4 is 23.1 Å². The van der Waals surface area contributed by atoms with Gasteiger partial charge >= 0.3 is 18.4 Å². The van der Waals surface area contributed by atoms with Gasteiger partial charge in [0, 0.05) is 24.5 Å². The normalized spacial score (nSPS) is 12.5. The molecule has 2 aromatic heterocycles. The molecule has 1 aromatic carbocycles. The largest absolute Gasteiger partial charge is 0.444 e. The molecule has 200 valence electrons. The number of amides is 1. The molecule has 3 rings (SSSR count). The van der Waals surface area contributed by atoms with Crippen LogP contribution in [0.15, 0.2) is 30.6 Å². The Morgan fingerprint density at radius 2 is 1.59 bits per heavy atom. The first-order valence-electron chi connectivity index (χ1n) is 11.3. The van der Waals surface area contributed by atoms with E-state index in [9.17, 15) is 22.8 Å². The highest BCUT2D eigenvalue weighted by atomic mass is 19.4. The molecule has 0 atom stereocenters. The van der Waals surface area contributed by atoms with Gasteiger partial charge in [0.1, 0.15) is 17.0 Å². The summed E-state index contributed by atoms with van der Waals surface area (Å²) in [6.07, 6.45) is -4.10. The minimum atomic E-state index is -4.92. The van der Waals surface area contributed by atoms with Crippen LogP contribution in [0.1, 0.15) is 52.7 Å². The maximum Gasteiger partial charge on any atom is 0.435 e. The van der Waals surface area contributed by atoms with Gasteiger partial charge in [-0.2, -0.15) is 23.0 Å². The summed E-state index contributed by atoms with van der Waals surface area (Å²) in [6, 6.07) is 2.90. The molecule has 0 saturated carbocycles. The second-order valence-electron chi connectivity index (χ2n) is 10.5. The molecule has 0 bridgehead atoms. The number of hydrogen-bond donors (Lipinski definition) is 0. The van der Waals surface area contributed by atoms with Gasteiger partial charge in [0.15, 0.2) is 0 Å². The summed E-state index contributed by atoms with van der Waals surface area (Å²) in [4.78, 5) is 29.6. The van der Waals surface area contributed by atoms with Crippen LogP contribution in [0.2, 0.25) is 0 Å². The van der Waals surface area contributed by atoms with E-state index >= 15 is 4.39 Å². The highest BCUT2D eigenvalue weighted by Crippen LogP contribution is 2.39. The Morgan fingerprint density at radius 3 is 2.16 bits per heavy atom. The highest BCUT2D eigenvalue weighted by molar-refractivity contribution is 5.89. The Labute approximate surface area is 211 Å². The third-order valence-electron chi connectivity index (χ3n) is 4.86. The summed E-state index contributed by atoms with van der Waals surface area (Å²) in [5.41, 5.74) is -3.82. The van der Waals surface area contributed by atoms with Crippen LogP contribution in [0.25, 0.3) is 22.2 Å². The number of ether oxygens (including phenoxy) is 2. The third-order valence-corrected chi connectivity index (χ3v) is 4.86. The van der Waals surface area contributed by atoms with Crippen LogP contribution in [-0.4, -0.2) is 50.1 Å². The zero-order valence-electron chi connectivity index (χ0n) is 21.5. The van der Waals surface area contributed by atoms with Crippen molar-refractivity contribution in [1.29, 1.82) is 0 Å². The van der Waals surface area contributed by atoms with Gasteiger partial charge in [-0.05, 0) is 65.3 Å². The van der Waals surface area contributed by atoms with E-state index in [1.165, 1.54) is 19.3 Å². The minimum Gasteiger partial charge on any atom is -0.444 e. The average molecular weight is 525 g/mol. The van der Waals surface area contributed by atoms with E-state index < -0.39 is 46.5 Å². The minimum absolute atomic E-state index is 0.0826. The van der Waals surface area contributed by atoms with Crippen molar-refractivity contribution in [3.63, 3.8) is 0 Å². The number of halogens is 4. The molecule has 0 unspecified atom stereocenters. The summed E-state index contributed by atoms with van der Waals surface area (Å²) in [6.45, 7) is 9.64. The summed E-state index contributed by atoms with van der Waals surface area (Å²) in [5, 5.41) is 4.19. The van der Waals surface area contributed by atoms with Crippen LogP contribution in [-0.2, 0) is 22.2 Å². The molecule has 0 saturated heterocycles. The predicted molar refractivity (Wildman–Crippen MR) is 127 cm³/mol. The monoisotopic (exact) mass is 524 g/mol. The second-order valence-corrected chi connectivity index (χ2v) is 10.5. The number of rotatable bonds is 3. The Morgan fingerprint density at radius 1 is 0.973 bits per heavy atom. The maximum absolute atomic E-state index is 15.2. The number of carbonyl (C=O) groups excluding carboxylic acids is 2. The Kier molecular flexibility index (Phi) is 7.26. The van der Waals surface area contributed by atoms with Gasteiger partial charge in [0.25, 0.3) is 0 Å². The van der Waals surface area contributed by atoms with Crippen LogP contribution in [0.4, 0.5) is 27.2 Å². The van der Waals surface area contributed by atoms with Crippen molar-refractivity contribution < 1.29 is 36.6 Å². The molecule has 2 heterocycles. The number of benzene rings is 1. The highest BCUT2D eigenvalue weighted by Gasteiger charge is 2.36. The number of carbonyl (C=O) groups is 2. The van der Waals surface area contributed by atoms with E-state index in [0.717, 1.165) is 27.9 Å². The lowest BCUT2D eigenvalue weighted by Crippen LogP contribution is -2.33. The second kappa shape index (κ2) is 9.64. The first kappa shape index (κ1) is 27.9. The molecule has 0 radical (unpaired) electrons. The first-order chi connectivity index (χ1) is 16.9. The lowest BCUT2D eigenvalue weighted by Gasteiger charge is -2.25. The van der Waals surface area contributed by atoms with E-state index in [1.54, 1.807) is 41.5 Å². The average Bonchev–Trinajstić information content (AvgIpc) is 3.13. The fourth-order valence-electron chi connectivity index (χ4n) is 3.43. The van der Waals surface area contributed by atoms with E-state index in [-0.39, 0.29) is 28.7 Å². The van der Waals surface area contributed by atoms with Gasteiger partial charge in [0.05, 0.1) is 29.2 Å². The smallest absolute Gasteiger partial charge is 0.435 e. The lowest BCUT2D eigenvalue weighted by molar-refractivity contribution is -0.137. The van der Waals surface area contributed by atoms with E-state index in [0.29, 0.717) is 0 Å². The maximum atomic E-state index is 15.2. The number of pyridine rings is 1. The topological polar surface area (TPSA) is 86.5 Å². The van der Waals surface area contributed by atoms with Gasteiger partial charge in [-0.3, -0.25) is 4.98 Å². The molecule has 0 aliphatic heterocycles. The summed E-state index contributed by atoms with van der Waals surface area (Å²) < 4.78 is 68.6. The van der Waals surface area contributed by atoms with Crippen molar-refractivity contribution in [2.75, 3.05) is 7.05 Å². The van der Waals surface area contributed by atoms with Crippen LogP contribution in [0, 0.1) is 5.82 Å². The quantitative estimate of drug-likeness (QED) is 0.368. The van der Waals surface area contributed by atoms with Gasteiger partial charge in [0.2, 0.25) is 0 Å². The zero-order valence-corrected chi connectivity index (χ0v) is 21.5. The molecule has 0 fully saturated rings. The lowest BCUT2D eigenvalue weighted by atomic mass is 9.98. The summed E-state index contributed by atoms with van der Waals surface area (Å²) in [7, 11) is 1.34. The fraction of sp³-hybridized carbons (Fsp3) is 0.440. The van der Waals surface area contributed by atoms with Gasteiger partial charge < -0.3 is 14.4 Å². The molecular weight excluding hydrogens is 496 g/mol. The van der Waals surface area contributed by atoms with Crippen molar-refractivity contribution in [3.05, 3.63) is 47.5 Å². The molecule has 0 aliphatic carbocycles. The Hall–Kier alpha value is -3.70. The number of fused-ring (bicyclic) bond motifs is 1. The van der Waals surface area contributed by atoms with Crippen LogP contribution < -0.4 is 0 Å². The number of nitrogens with zero attached hydrogens (tertiary/aromatic N) is 4. The molecule has 8 nitrogen and oxygen atoms in total. The number of hydrogen-bond acceptors (Lipinski definition) is 6. The molecule has 3 aromatic rings. The molecule has 0 N–H and O–H groups in total. The fourth-order valence-corrected chi connectivity index (χ4v) is 3.43. The molecule has 0 spiro atoms. The number of alkyl halides is 3. The first-order valence-corrected chi connectivity index (χ1v) is 11.3. The van der Waals surface area contributed by atoms with E-state index in [1.807, 2.05) is 0 Å². The van der Waals surface area contributed by atoms with Crippen molar-refractivity contribution in [1.82, 2.24) is 19.7 Å². The van der Waals surface area contributed by atoms with Gasteiger partial charge in [-0.15, -0.1) is 0 Å². The van der Waals surface area contributed by atoms with E-state index in [2.05, 4.69) is 10.1 Å². The predicted octanol–water partition coefficient (Wildman–Crippen LogP) is 6.41. The summed E-state index contributed by atoms with van der Waals surface area (Å²) >= 11 is 0.